The molecule has 11 heteroatoms. The van der Waals surface area contributed by atoms with Gasteiger partial charge in [0.15, 0.2) is 28.4 Å². The van der Waals surface area contributed by atoms with E-state index < -0.39 is 5.91 Å². The molecule has 0 saturated heterocycles. The van der Waals surface area contributed by atoms with Gasteiger partial charge in [0, 0.05) is 13.0 Å². The van der Waals surface area contributed by atoms with Crippen molar-refractivity contribution in [3.8, 4) is 11.1 Å². The van der Waals surface area contributed by atoms with E-state index in [1.807, 2.05) is 12.1 Å². The van der Waals surface area contributed by atoms with Gasteiger partial charge >= 0.3 is 0 Å². The Labute approximate surface area is 214 Å². The van der Waals surface area contributed by atoms with Crippen molar-refractivity contribution in [3.63, 3.8) is 0 Å². The van der Waals surface area contributed by atoms with Crippen LogP contribution in [0.4, 0.5) is 11.6 Å². The Morgan fingerprint density at radius 2 is 1.42 bits per heavy atom. The molecule has 2 amide bonds. The van der Waals surface area contributed by atoms with E-state index in [1.54, 1.807) is 0 Å². The molecule has 188 valence electrons. The fourth-order valence-electron chi connectivity index (χ4n) is 3.46. The number of carbonyl (C=O) groups excluding carboxylic acids is 2. The molecule has 9 N–H and O–H groups in total. The number of anilines is 2. The Balaban J connectivity index is 1.42. The summed E-state index contributed by atoms with van der Waals surface area (Å²) < 4.78 is 0. The molecule has 3 aromatic rings. The van der Waals surface area contributed by atoms with Crippen molar-refractivity contribution in [2.45, 2.75) is 32.1 Å². The van der Waals surface area contributed by atoms with Crippen molar-refractivity contribution in [2.75, 3.05) is 18.0 Å². The average molecular weight is 509 g/mol. The number of amides is 2. The fourth-order valence-corrected chi connectivity index (χ4v) is 3.59. The Morgan fingerprint density at radius 1 is 0.833 bits per heavy atom. The molecule has 0 bridgehead atoms. The summed E-state index contributed by atoms with van der Waals surface area (Å²) in [5.74, 6) is -1.21. The fraction of sp³-hybridized carbons (Fsp3) is 0.240. The summed E-state index contributed by atoms with van der Waals surface area (Å²) in [6.07, 6.45) is 3.59. The summed E-state index contributed by atoms with van der Waals surface area (Å²) >= 11 is 5.79. The number of rotatable bonds is 10. The number of benzene rings is 2. The minimum absolute atomic E-state index is 0.0425. The zero-order valence-electron chi connectivity index (χ0n) is 19.7. The van der Waals surface area contributed by atoms with E-state index in [0.29, 0.717) is 19.4 Å². The number of hydrogen-bond donors (Lipinski definition) is 5. The Kier molecular flexibility index (Phi) is 9.18. The SMILES string of the molecule is NC(=O)CCc1ccc(-c2ccc(CCCCN=C(N)NC(=O)c3nc(Cl)c(N)nc3N)cc2)cc1. The normalized spacial score (nSPS) is 11.3. The molecule has 1 aromatic heterocycles. The highest BCUT2D eigenvalue weighted by Gasteiger charge is 2.16. The van der Waals surface area contributed by atoms with Crippen molar-refractivity contribution in [2.24, 2.45) is 16.5 Å². The first kappa shape index (κ1) is 26.4. The highest BCUT2D eigenvalue weighted by atomic mass is 35.5. The quantitative estimate of drug-likeness (QED) is 0.158. The smallest absolute Gasteiger partial charge is 0.280 e. The maximum Gasteiger partial charge on any atom is 0.280 e. The van der Waals surface area contributed by atoms with Gasteiger partial charge in [-0.2, -0.15) is 0 Å². The number of guanidine groups is 1. The topological polar surface area (TPSA) is 188 Å². The van der Waals surface area contributed by atoms with Crippen LogP contribution in [0, 0.1) is 0 Å². The number of primary amides is 1. The van der Waals surface area contributed by atoms with Crippen LogP contribution in [0.15, 0.2) is 53.5 Å². The van der Waals surface area contributed by atoms with E-state index >= 15 is 0 Å². The van der Waals surface area contributed by atoms with Gasteiger partial charge in [0.2, 0.25) is 5.91 Å². The predicted molar refractivity (Wildman–Crippen MR) is 142 cm³/mol. The third-order valence-electron chi connectivity index (χ3n) is 5.42. The standard InChI is InChI=1S/C25H29ClN8O2/c26-21-23(29)33-22(28)20(32-21)24(36)34-25(30)31-14-2-1-3-15-4-9-17(10-5-15)18-11-6-16(7-12-18)8-13-19(27)35/h4-7,9-12H,1-3,8,13-14H2,(H2,27,35)(H4,28,29,33)(H3,30,31,34,36). The molecule has 0 fully saturated rings. The van der Waals surface area contributed by atoms with Gasteiger partial charge in [-0.3, -0.25) is 19.9 Å². The lowest BCUT2D eigenvalue weighted by atomic mass is 9.99. The van der Waals surface area contributed by atoms with Gasteiger partial charge in [0.1, 0.15) is 0 Å². The molecule has 0 radical (unpaired) electrons. The average Bonchev–Trinajstić information content (AvgIpc) is 2.85. The van der Waals surface area contributed by atoms with Gasteiger partial charge in [0.25, 0.3) is 5.91 Å². The summed E-state index contributed by atoms with van der Waals surface area (Å²) in [4.78, 5) is 34.9. The Morgan fingerprint density at radius 3 is 2.00 bits per heavy atom. The van der Waals surface area contributed by atoms with Crippen molar-refractivity contribution < 1.29 is 9.59 Å². The summed E-state index contributed by atoms with van der Waals surface area (Å²) in [7, 11) is 0. The van der Waals surface area contributed by atoms with Gasteiger partial charge in [-0.05, 0) is 47.9 Å². The van der Waals surface area contributed by atoms with Gasteiger partial charge in [-0.1, -0.05) is 60.1 Å². The number of nitrogens with two attached hydrogens (primary N) is 4. The largest absolute Gasteiger partial charge is 0.382 e. The second-order valence-electron chi connectivity index (χ2n) is 8.17. The monoisotopic (exact) mass is 508 g/mol. The number of unbranched alkanes of at least 4 members (excludes halogenated alkanes) is 1. The second-order valence-corrected chi connectivity index (χ2v) is 8.53. The molecular weight excluding hydrogens is 480 g/mol. The van der Waals surface area contributed by atoms with Crippen LogP contribution in [0.2, 0.25) is 5.15 Å². The van der Waals surface area contributed by atoms with E-state index in [0.717, 1.165) is 36.0 Å². The van der Waals surface area contributed by atoms with E-state index in [4.69, 9.17) is 34.5 Å². The van der Waals surface area contributed by atoms with Crippen LogP contribution in [-0.4, -0.2) is 34.3 Å². The van der Waals surface area contributed by atoms with Crippen LogP contribution < -0.4 is 28.3 Å². The van der Waals surface area contributed by atoms with Crippen molar-refractivity contribution in [3.05, 3.63) is 70.5 Å². The molecule has 0 atom stereocenters. The maximum absolute atomic E-state index is 12.2. The van der Waals surface area contributed by atoms with Gasteiger partial charge < -0.3 is 22.9 Å². The van der Waals surface area contributed by atoms with Gasteiger partial charge in [-0.25, -0.2) is 9.97 Å². The molecule has 0 aliphatic carbocycles. The summed E-state index contributed by atoms with van der Waals surface area (Å²) in [6, 6.07) is 16.6. The maximum atomic E-state index is 12.2. The number of halogens is 1. The molecule has 0 unspecified atom stereocenters. The molecule has 3 rings (SSSR count). The van der Waals surface area contributed by atoms with Crippen LogP contribution >= 0.6 is 11.6 Å². The Hall–Kier alpha value is -4.18. The van der Waals surface area contributed by atoms with Gasteiger partial charge in [0.05, 0.1) is 0 Å². The van der Waals surface area contributed by atoms with Crippen molar-refractivity contribution in [1.29, 1.82) is 0 Å². The van der Waals surface area contributed by atoms with Crippen LogP contribution in [0.25, 0.3) is 11.1 Å². The van der Waals surface area contributed by atoms with Crippen molar-refractivity contribution in [1.82, 2.24) is 15.3 Å². The number of aliphatic imine (C=N–C) groups is 1. The minimum atomic E-state index is -0.663. The summed E-state index contributed by atoms with van der Waals surface area (Å²) in [6.45, 7) is 0.454. The zero-order valence-corrected chi connectivity index (χ0v) is 20.5. The number of nitrogens with zero attached hydrogens (tertiary/aromatic N) is 3. The van der Waals surface area contributed by atoms with E-state index in [2.05, 4.69) is 56.7 Å². The third-order valence-corrected chi connectivity index (χ3v) is 5.70. The lowest BCUT2D eigenvalue weighted by Crippen LogP contribution is -2.38. The second kappa shape index (κ2) is 12.5. The first-order chi connectivity index (χ1) is 17.2. The molecular formula is C25H29ClN8O2. The van der Waals surface area contributed by atoms with Crippen LogP contribution in [-0.2, 0) is 17.6 Å². The first-order valence-corrected chi connectivity index (χ1v) is 11.8. The number of hydrogen-bond acceptors (Lipinski definition) is 7. The zero-order chi connectivity index (χ0) is 26.1. The molecule has 2 aromatic carbocycles. The van der Waals surface area contributed by atoms with E-state index in [-0.39, 0.29) is 34.3 Å². The number of aromatic nitrogens is 2. The first-order valence-electron chi connectivity index (χ1n) is 11.4. The molecule has 0 saturated carbocycles. The summed E-state index contributed by atoms with van der Waals surface area (Å²) in [5.41, 5.74) is 26.5. The number of carbonyl (C=O) groups is 2. The lowest BCUT2D eigenvalue weighted by molar-refractivity contribution is -0.117. The molecule has 10 nitrogen and oxygen atoms in total. The van der Waals surface area contributed by atoms with E-state index in [9.17, 15) is 9.59 Å². The van der Waals surface area contributed by atoms with Crippen LogP contribution in [0.1, 0.15) is 40.9 Å². The van der Waals surface area contributed by atoms with E-state index in [1.165, 1.54) is 5.56 Å². The molecule has 36 heavy (non-hydrogen) atoms. The summed E-state index contributed by atoms with van der Waals surface area (Å²) in [5, 5.41) is 2.30. The number of nitrogen functional groups attached to an aromatic ring is 2. The van der Waals surface area contributed by atoms with Crippen LogP contribution in [0.5, 0.6) is 0 Å². The van der Waals surface area contributed by atoms with Gasteiger partial charge in [-0.15, -0.1) is 0 Å². The molecule has 0 spiro atoms. The third kappa shape index (κ3) is 7.67. The predicted octanol–water partition coefficient (Wildman–Crippen LogP) is 2.45. The highest BCUT2D eigenvalue weighted by molar-refractivity contribution is 6.31. The molecule has 1 heterocycles. The minimum Gasteiger partial charge on any atom is -0.382 e. The number of aryl methyl sites for hydroxylation is 2. The van der Waals surface area contributed by atoms with Crippen molar-refractivity contribution >= 4 is 41.0 Å². The van der Waals surface area contributed by atoms with Crippen LogP contribution in [0.3, 0.4) is 0 Å². The number of nitrogens with one attached hydrogen (secondary N) is 1. The Bertz CT molecular complexity index is 1240. The highest BCUT2D eigenvalue weighted by Crippen LogP contribution is 2.21. The molecule has 0 aliphatic rings. The lowest BCUT2D eigenvalue weighted by Gasteiger charge is -2.07. The molecule has 0 aliphatic heterocycles.